The second kappa shape index (κ2) is 3.68. The third kappa shape index (κ3) is 2.03. The van der Waals surface area contributed by atoms with Crippen molar-refractivity contribution in [2.45, 2.75) is 11.2 Å². The quantitative estimate of drug-likeness (QED) is 0.833. The average Bonchev–Trinajstić information content (AvgIpc) is 2.04. The van der Waals surface area contributed by atoms with Crippen molar-refractivity contribution >= 4 is 33.5 Å². The Morgan fingerprint density at radius 2 is 2.08 bits per heavy atom. The van der Waals surface area contributed by atoms with Crippen LogP contribution in [0, 0.1) is 0 Å². The van der Waals surface area contributed by atoms with Gasteiger partial charge in [0, 0.05) is 5.02 Å². The summed E-state index contributed by atoms with van der Waals surface area (Å²) in [4.78, 5) is 10.9. The van der Waals surface area contributed by atoms with Gasteiger partial charge in [-0.1, -0.05) is 45.7 Å². The van der Waals surface area contributed by atoms with E-state index in [1.807, 2.05) is 0 Å². The number of hydrogen-bond acceptors (Lipinski definition) is 1. The maximum absolute atomic E-state index is 10.9. The number of benzene rings is 1. The molecular formula is C9H8BrClO2. The zero-order valence-electron chi connectivity index (χ0n) is 6.92. The van der Waals surface area contributed by atoms with E-state index < -0.39 is 10.3 Å². The molecule has 70 valence electrons. The van der Waals surface area contributed by atoms with Crippen molar-refractivity contribution in [3.63, 3.8) is 0 Å². The zero-order chi connectivity index (χ0) is 10.1. The number of alkyl halides is 1. The van der Waals surface area contributed by atoms with E-state index in [0.717, 1.165) is 0 Å². The molecule has 0 aromatic heterocycles. The van der Waals surface area contributed by atoms with Gasteiger partial charge >= 0.3 is 5.97 Å². The number of carboxylic acid groups (broad SMARTS) is 1. The number of halogens is 2. The van der Waals surface area contributed by atoms with Gasteiger partial charge in [0.1, 0.15) is 4.32 Å². The van der Waals surface area contributed by atoms with Crippen LogP contribution in [0.1, 0.15) is 12.5 Å². The van der Waals surface area contributed by atoms with Crippen LogP contribution >= 0.6 is 27.5 Å². The lowest BCUT2D eigenvalue weighted by molar-refractivity contribution is -0.139. The van der Waals surface area contributed by atoms with Gasteiger partial charge in [-0.05, 0) is 18.6 Å². The van der Waals surface area contributed by atoms with Gasteiger partial charge in [0.2, 0.25) is 0 Å². The highest BCUT2D eigenvalue weighted by molar-refractivity contribution is 9.10. The Morgan fingerprint density at radius 1 is 1.54 bits per heavy atom. The largest absolute Gasteiger partial charge is 0.480 e. The molecule has 4 heteroatoms. The predicted octanol–water partition coefficient (Wildman–Crippen LogP) is 3.03. The molecule has 1 atom stereocenters. The number of hydrogen-bond donors (Lipinski definition) is 1. The Bertz CT molecular complexity index is 336. The maximum Gasteiger partial charge on any atom is 0.324 e. The average molecular weight is 264 g/mol. The summed E-state index contributed by atoms with van der Waals surface area (Å²) in [6.07, 6.45) is 0. The third-order valence-electron chi connectivity index (χ3n) is 1.78. The Hall–Kier alpha value is -0.540. The first kappa shape index (κ1) is 10.5. The van der Waals surface area contributed by atoms with Crippen molar-refractivity contribution in [3.05, 3.63) is 34.9 Å². The standard InChI is InChI=1S/C9H8BrClO2/c1-9(10,8(12)13)6-4-2-3-5-7(6)11/h2-5H,1H3,(H,12,13)/t9-/m1/s1. The Morgan fingerprint density at radius 3 is 2.54 bits per heavy atom. The molecule has 0 spiro atoms. The van der Waals surface area contributed by atoms with Crippen LogP contribution in [0.15, 0.2) is 24.3 Å². The summed E-state index contributed by atoms with van der Waals surface area (Å²) in [7, 11) is 0. The Balaban J connectivity index is 3.22. The van der Waals surface area contributed by atoms with E-state index in [1.165, 1.54) is 0 Å². The van der Waals surface area contributed by atoms with Gasteiger partial charge in [0.15, 0.2) is 0 Å². The van der Waals surface area contributed by atoms with Gasteiger partial charge in [0.05, 0.1) is 0 Å². The first-order chi connectivity index (χ1) is 5.96. The van der Waals surface area contributed by atoms with E-state index in [0.29, 0.717) is 10.6 Å². The summed E-state index contributed by atoms with van der Waals surface area (Å²) < 4.78 is -1.12. The maximum atomic E-state index is 10.9. The Labute approximate surface area is 89.7 Å². The van der Waals surface area contributed by atoms with Crippen LogP contribution in [0.4, 0.5) is 0 Å². The van der Waals surface area contributed by atoms with E-state index in [2.05, 4.69) is 15.9 Å². The van der Waals surface area contributed by atoms with Crippen LogP contribution < -0.4 is 0 Å². The summed E-state index contributed by atoms with van der Waals surface area (Å²) in [5.41, 5.74) is 0.559. The molecule has 0 saturated heterocycles. The molecule has 1 aromatic rings. The van der Waals surface area contributed by atoms with Crippen molar-refractivity contribution in [1.82, 2.24) is 0 Å². The summed E-state index contributed by atoms with van der Waals surface area (Å²) in [5.74, 6) is -0.958. The second-order valence-corrected chi connectivity index (χ2v) is 4.78. The summed E-state index contributed by atoms with van der Waals surface area (Å²) in [5, 5.41) is 9.36. The molecule has 13 heavy (non-hydrogen) atoms. The monoisotopic (exact) mass is 262 g/mol. The van der Waals surface area contributed by atoms with E-state index in [1.54, 1.807) is 31.2 Å². The summed E-state index contributed by atoms with van der Waals surface area (Å²) >= 11 is 8.98. The fraction of sp³-hybridized carbons (Fsp3) is 0.222. The van der Waals surface area contributed by atoms with Gasteiger partial charge in [-0.25, -0.2) is 0 Å². The summed E-state index contributed by atoms with van der Waals surface area (Å²) in [6, 6.07) is 6.87. The minimum atomic E-state index is -1.12. The van der Waals surface area contributed by atoms with Gasteiger partial charge in [-0.3, -0.25) is 4.79 Å². The minimum absolute atomic E-state index is 0.448. The van der Waals surface area contributed by atoms with Gasteiger partial charge in [-0.15, -0.1) is 0 Å². The van der Waals surface area contributed by atoms with E-state index in [9.17, 15) is 4.79 Å². The number of aliphatic carboxylic acids is 1. The fourth-order valence-corrected chi connectivity index (χ4v) is 1.74. The van der Waals surface area contributed by atoms with Gasteiger partial charge in [-0.2, -0.15) is 0 Å². The van der Waals surface area contributed by atoms with Crippen LogP contribution in [-0.2, 0) is 9.12 Å². The minimum Gasteiger partial charge on any atom is -0.480 e. The number of carboxylic acids is 1. The lowest BCUT2D eigenvalue weighted by Gasteiger charge is -2.18. The highest BCUT2D eigenvalue weighted by Gasteiger charge is 2.33. The molecule has 0 aliphatic carbocycles. The van der Waals surface area contributed by atoms with Crippen molar-refractivity contribution in [1.29, 1.82) is 0 Å². The molecule has 0 fully saturated rings. The van der Waals surface area contributed by atoms with Gasteiger partial charge < -0.3 is 5.11 Å². The zero-order valence-corrected chi connectivity index (χ0v) is 9.26. The molecule has 1 aromatic carbocycles. The molecule has 0 heterocycles. The fourth-order valence-electron chi connectivity index (χ4n) is 0.957. The van der Waals surface area contributed by atoms with Crippen molar-refractivity contribution in [2.75, 3.05) is 0 Å². The molecule has 0 bridgehead atoms. The molecular weight excluding hydrogens is 255 g/mol. The normalized spacial score (nSPS) is 15.0. The smallest absolute Gasteiger partial charge is 0.324 e. The van der Waals surface area contributed by atoms with Crippen LogP contribution in [0.5, 0.6) is 0 Å². The highest BCUT2D eigenvalue weighted by atomic mass is 79.9. The highest BCUT2D eigenvalue weighted by Crippen LogP contribution is 2.35. The SMILES string of the molecule is C[C@](Br)(C(=O)O)c1ccccc1Cl. The molecule has 0 saturated carbocycles. The Kier molecular flexibility index (Phi) is 2.98. The van der Waals surface area contributed by atoms with Gasteiger partial charge in [0.25, 0.3) is 0 Å². The lowest BCUT2D eigenvalue weighted by Crippen LogP contribution is -2.25. The lowest BCUT2D eigenvalue weighted by atomic mass is 10.0. The first-order valence-corrected chi connectivity index (χ1v) is 4.80. The van der Waals surface area contributed by atoms with Crippen LogP contribution in [0.2, 0.25) is 5.02 Å². The molecule has 0 aliphatic rings. The van der Waals surface area contributed by atoms with E-state index in [-0.39, 0.29) is 0 Å². The van der Waals surface area contributed by atoms with Crippen LogP contribution in [0.25, 0.3) is 0 Å². The third-order valence-corrected chi connectivity index (χ3v) is 2.88. The predicted molar refractivity (Wildman–Crippen MR) is 55.4 cm³/mol. The van der Waals surface area contributed by atoms with Crippen LogP contribution in [-0.4, -0.2) is 11.1 Å². The number of carbonyl (C=O) groups is 1. The topological polar surface area (TPSA) is 37.3 Å². The molecule has 0 amide bonds. The molecule has 0 radical (unpaired) electrons. The van der Waals surface area contributed by atoms with E-state index >= 15 is 0 Å². The molecule has 2 nitrogen and oxygen atoms in total. The second-order valence-electron chi connectivity index (χ2n) is 2.79. The van der Waals surface area contributed by atoms with Crippen molar-refractivity contribution in [2.24, 2.45) is 0 Å². The van der Waals surface area contributed by atoms with E-state index in [4.69, 9.17) is 16.7 Å². The van der Waals surface area contributed by atoms with Crippen molar-refractivity contribution in [3.8, 4) is 0 Å². The first-order valence-electron chi connectivity index (χ1n) is 3.63. The number of rotatable bonds is 2. The molecule has 0 unspecified atom stereocenters. The molecule has 0 aliphatic heterocycles. The molecule has 1 N–H and O–H groups in total. The summed E-state index contributed by atoms with van der Waals surface area (Å²) in [6.45, 7) is 1.55. The molecule has 1 rings (SSSR count). The van der Waals surface area contributed by atoms with Crippen molar-refractivity contribution < 1.29 is 9.90 Å². The van der Waals surface area contributed by atoms with Crippen LogP contribution in [0.3, 0.4) is 0 Å².